The van der Waals surface area contributed by atoms with Gasteiger partial charge in [0, 0.05) is 17.1 Å². The number of nitrogens with one attached hydrogen (secondary N) is 1. The van der Waals surface area contributed by atoms with Crippen molar-refractivity contribution in [1.29, 1.82) is 0 Å². The first kappa shape index (κ1) is 30.2. The molecule has 1 atom stereocenters. The first-order valence-corrected chi connectivity index (χ1v) is 14.5. The third-order valence-corrected chi connectivity index (χ3v) is 8.18. The van der Waals surface area contributed by atoms with Crippen LogP contribution < -0.4 is 9.62 Å². The number of anilines is 1. The van der Waals surface area contributed by atoms with Crippen molar-refractivity contribution in [2.45, 2.75) is 64.6 Å². The molecule has 0 aromatic heterocycles. The van der Waals surface area contributed by atoms with E-state index in [0.29, 0.717) is 5.02 Å². The topological polar surface area (TPSA) is 86.8 Å². The van der Waals surface area contributed by atoms with Crippen LogP contribution in [0.4, 0.5) is 5.69 Å². The van der Waals surface area contributed by atoms with E-state index in [1.165, 1.54) is 17.0 Å². The maximum Gasteiger partial charge on any atom is 0.264 e. The number of sulfonamides is 1. The Balaban J connectivity index is 2.02. The van der Waals surface area contributed by atoms with Crippen molar-refractivity contribution in [3.8, 4) is 0 Å². The number of halogens is 1. The van der Waals surface area contributed by atoms with Crippen LogP contribution in [-0.4, -0.2) is 43.3 Å². The van der Waals surface area contributed by atoms with Crippen LogP contribution in [-0.2, 0) is 26.2 Å². The molecule has 0 aliphatic carbocycles. The van der Waals surface area contributed by atoms with E-state index < -0.39 is 34.1 Å². The second kappa shape index (κ2) is 12.2. The third-order valence-electron chi connectivity index (χ3n) is 6.14. The highest BCUT2D eigenvalue weighted by Gasteiger charge is 2.33. The number of carbonyl (C=O) groups is 2. The average molecular weight is 570 g/mol. The van der Waals surface area contributed by atoms with E-state index in [4.69, 9.17) is 11.6 Å². The summed E-state index contributed by atoms with van der Waals surface area (Å²) in [6.45, 7) is 10.7. The number of nitrogens with zero attached hydrogens (tertiary/aromatic N) is 2. The molecule has 9 heteroatoms. The van der Waals surface area contributed by atoms with Crippen molar-refractivity contribution in [3.63, 3.8) is 0 Å². The zero-order chi connectivity index (χ0) is 29.0. The zero-order valence-corrected chi connectivity index (χ0v) is 24.8. The minimum atomic E-state index is -4.12. The number of hydrogen-bond donors (Lipinski definition) is 1. The van der Waals surface area contributed by atoms with Crippen molar-refractivity contribution in [3.05, 3.63) is 94.5 Å². The Labute approximate surface area is 236 Å². The lowest BCUT2D eigenvalue weighted by atomic mass is 10.1. The highest BCUT2D eigenvalue weighted by atomic mass is 35.5. The van der Waals surface area contributed by atoms with Gasteiger partial charge in [0.2, 0.25) is 11.8 Å². The average Bonchev–Trinajstić information content (AvgIpc) is 2.86. The summed E-state index contributed by atoms with van der Waals surface area (Å²) >= 11 is 6.06. The molecule has 0 saturated carbocycles. The molecule has 0 aliphatic heterocycles. The summed E-state index contributed by atoms with van der Waals surface area (Å²) in [5, 5.41) is 3.36. The molecule has 0 heterocycles. The quantitative estimate of drug-likeness (QED) is 0.369. The van der Waals surface area contributed by atoms with Gasteiger partial charge >= 0.3 is 0 Å². The van der Waals surface area contributed by atoms with Crippen LogP contribution in [0.5, 0.6) is 0 Å². The summed E-state index contributed by atoms with van der Waals surface area (Å²) in [7, 11) is -4.12. The van der Waals surface area contributed by atoms with Gasteiger partial charge in [0.25, 0.3) is 10.0 Å². The van der Waals surface area contributed by atoms with Gasteiger partial charge in [-0.3, -0.25) is 13.9 Å². The monoisotopic (exact) mass is 569 g/mol. The Hall–Kier alpha value is -3.36. The fourth-order valence-corrected chi connectivity index (χ4v) is 5.46. The van der Waals surface area contributed by atoms with E-state index in [9.17, 15) is 18.0 Å². The van der Waals surface area contributed by atoms with E-state index >= 15 is 0 Å². The van der Waals surface area contributed by atoms with Crippen molar-refractivity contribution in [2.24, 2.45) is 0 Å². The first-order valence-electron chi connectivity index (χ1n) is 12.7. The molecule has 3 aromatic rings. The normalized spacial score (nSPS) is 12.5. The lowest BCUT2D eigenvalue weighted by Crippen LogP contribution is -2.54. The standard InChI is InChI=1S/C30H36ClN3O4S/c1-21-7-11-24(12-8-21)19-33(23(3)29(36)32-30(4,5)6)28(35)20-34(26-15-13-25(31)14-16-26)39(37,38)27-17-9-22(2)10-18-27/h7-18,23H,19-20H2,1-6H3,(H,32,36)/t23-/m0/s1. The number of amides is 2. The molecule has 2 amide bonds. The Morgan fingerprint density at radius 1 is 0.872 bits per heavy atom. The third kappa shape index (κ3) is 8.07. The van der Waals surface area contributed by atoms with Gasteiger partial charge in [-0.1, -0.05) is 59.1 Å². The van der Waals surface area contributed by atoms with Gasteiger partial charge in [-0.2, -0.15) is 0 Å². The van der Waals surface area contributed by atoms with E-state index in [1.807, 2.05) is 58.9 Å². The number of aryl methyl sites for hydroxylation is 2. The summed E-state index contributed by atoms with van der Waals surface area (Å²) in [5.41, 5.74) is 2.58. The number of hydrogen-bond acceptors (Lipinski definition) is 4. The predicted octanol–water partition coefficient (Wildman–Crippen LogP) is 5.48. The molecule has 0 fully saturated rings. The zero-order valence-electron chi connectivity index (χ0n) is 23.2. The lowest BCUT2D eigenvalue weighted by molar-refractivity contribution is -0.140. The Bertz CT molecular complexity index is 1400. The second-order valence-corrected chi connectivity index (χ2v) is 13.0. The molecule has 208 valence electrons. The fourth-order valence-electron chi connectivity index (χ4n) is 3.92. The molecule has 7 nitrogen and oxygen atoms in total. The molecule has 3 rings (SSSR count). The molecule has 0 aliphatic rings. The molecule has 0 radical (unpaired) electrons. The van der Waals surface area contributed by atoms with Crippen LogP contribution in [0.3, 0.4) is 0 Å². The van der Waals surface area contributed by atoms with Gasteiger partial charge in [-0.25, -0.2) is 8.42 Å². The highest BCUT2D eigenvalue weighted by molar-refractivity contribution is 7.92. The molecule has 0 saturated heterocycles. The summed E-state index contributed by atoms with van der Waals surface area (Å²) in [5.74, 6) is -0.847. The largest absolute Gasteiger partial charge is 0.350 e. The Morgan fingerprint density at radius 3 is 1.90 bits per heavy atom. The maximum atomic E-state index is 13.9. The molecule has 3 aromatic carbocycles. The first-order chi connectivity index (χ1) is 18.2. The SMILES string of the molecule is Cc1ccc(CN(C(=O)CN(c2ccc(Cl)cc2)S(=O)(=O)c2ccc(C)cc2)[C@@H](C)C(=O)NC(C)(C)C)cc1. The lowest BCUT2D eigenvalue weighted by Gasteiger charge is -2.33. The predicted molar refractivity (Wildman–Crippen MR) is 156 cm³/mol. The number of carbonyl (C=O) groups excluding carboxylic acids is 2. The van der Waals surface area contributed by atoms with Crippen LogP contribution >= 0.6 is 11.6 Å². The van der Waals surface area contributed by atoms with Crippen LogP contribution in [0.2, 0.25) is 5.02 Å². The highest BCUT2D eigenvalue weighted by Crippen LogP contribution is 2.26. The summed E-state index contributed by atoms with van der Waals surface area (Å²) in [6.07, 6.45) is 0. The van der Waals surface area contributed by atoms with Crippen LogP contribution in [0.15, 0.2) is 77.7 Å². The minimum Gasteiger partial charge on any atom is -0.350 e. The van der Waals surface area contributed by atoms with Gasteiger partial charge < -0.3 is 10.2 Å². The smallest absolute Gasteiger partial charge is 0.264 e. The van der Waals surface area contributed by atoms with Gasteiger partial charge in [0.05, 0.1) is 10.6 Å². The van der Waals surface area contributed by atoms with Gasteiger partial charge in [0.1, 0.15) is 12.6 Å². The van der Waals surface area contributed by atoms with Gasteiger partial charge in [-0.05, 0) is 83.5 Å². The van der Waals surface area contributed by atoms with E-state index in [0.717, 1.165) is 21.0 Å². The van der Waals surface area contributed by atoms with E-state index in [2.05, 4.69) is 5.32 Å². The van der Waals surface area contributed by atoms with Crippen molar-refractivity contribution in [1.82, 2.24) is 10.2 Å². The summed E-state index contributed by atoms with van der Waals surface area (Å²) in [4.78, 5) is 28.5. The van der Waals surface area contributed by atoms with E-state index in [-0.39, 0.29) is 23.0 Å². The molecule has 0 unspecified atom stereocenters. The van der Waals surface area contributed by atoms with Crippen LogP contribution in [0.25, 0.3) is 0 Å². The summed E-state index contributed by atoms with van der Waals surface area (Å²) in [6, 6.07) is 19.5. The minimum absolute atomic E-state index is 0.0551. The molecule has 1 N–H and O–H groups in total. The molecular formula is C30H36ClN3O4S. The van der Waals surface area contributed by atoms with Crippen molar-refractivity contribution < 1.29 is 18.0 Å². The fraction of sp³-hybridized carbons (Fsp3) is 0.333. The summed E-state index contributed by atoms with van der Waals surface area (Å²) < 4.78 is 28.7. The number of benzene rings is 3. The Kier molecular flexibility index (Phi) is 9.46. The molecule has 0 bridgehead atoms. The van der Waals surface area contributed by atoms with Crippen molar-refractivity contribution >= 4 is 39.1 Å². The van der Waals surface area contributed by atoms with Crippen LogP contribution in [0.1, 0.15) is 44.4 Å². The Morgan fingerprint density at radius 2 is 1.38 bits per heavy atom. The van der Waals surface area contributed by atoms with E-state index in [1.54, 1.807) is 43.3 Å². The van der Waals surface area contributed by atoms with Crippen molar-refractivity contribution in [2.75, 3.05) is 10.8 Å². The number of rotatable bonds is 9. The molecular weight excluding hydrogens is 534 g/mol. The van der Waals surface area contributed by atoms with Crippen LogP contribution in [0, 0.1) is 13.8 Å². The molecule has 39 heavy (non-hydrogen) atoms. The van der Waals surface area contributed by atoms with Gasteiger partial charge in [-0.15, -0.1) is 0 Å². The molecule has 0 spiro atoms. The van der Waals surface area contributed by atoms with Gasteiger partial charge in [0.15, 0.2) is 0 Å². The maximum absolute atomic E-state index is 13.9. The second-order valence-electron chi connectivity index (χ2n) is 10.7.